The van der Waals surface area contributed by atoms with Gasteiger partial charge in [-0.2, -0.15) is 0 Å². The number of hydrogen-bond acceptors (Lipinski definition) is 1. The van der Waals surface area contributed by atoms with Crippen molar-refractivity contribution in [1.29, 1.82) is 0 Å². The second kappa shape index (κ2) is 3.09. The van der Waals surface area contributed by atoms with Crippen LogP contribution in [0.5, 0.6) is 0 Å². The summed E-state index contributed by atoms with van der Waals surface area (Å²) < 4.78 is 0. The van der Waals surface area contributed by atoms with Crippen LogP contribution in [0.3, 0.4) is 0 Å². The van der Waals surface area contributed by atoms with Crippen molar-refractivity contribution in [2.24, 2.45) is 0 Å². The van der Waals surface area contributed by atoms with Crippen molar-refractivity contribution in [1.82, 2.24) is 4.90 Å². The minimum Gasteiger partial charge on any atom is -0.296 e. The molecule has 1 heteroatoms. The SMILES string of the molecule is CCN1CC2CCC1c1ccccc12. The third-order valence-corrected chi connectivity index (χ3v) is 3.89. The molecule has 74 valence electrons. The molecule has 4 rings (SSSR count). The zero-order valence-corrected chi connectivity index (χ0v) is 8.74. The van der Waals surface area contributed by atoms with Crippen LogP contribution in [-0.2, 0) is 0 Å². The normalized spacial score (nSPS) is 30.4. The van der Waals surface area contributed by atoms with Crippen LogP contribution < -0.4 is 0 Å². The first-order chi connectivity index (χ1) is 6.90. The predicted octanol–water partition coefficient (Wildman–Crippen LogP) is 2.94. The number of hydrogen-bond donors (Lipinski definition) is 0. The van der Waals surface area contributed by atoms with Crippen LogP contribution >= 0.6 is 0 Å². The van der Waals surface area contributed by atoms with Crippen molar-refractivity contribution in [2.75, 3.05) is 13.1 Å². The van der Waals surface area contributed by atoms with E-state index in [1.807, 2.05) is 0 Å². The zero-order chi connectivity index (χ0) is 9.54. The van der Waals surface area contributed by atoms with Crippen molar-refractivity contribution < 1.29 is 0 Å². The number of fused-ring (bicyclic) bond motifs is 2. The van der Waals surface area contributed by atoms with Crippen LogP contribution in [0.15, 0.2) is 24.3 Å². The molecule has 2 bridgehead atoms. The van der Waals surface area contributed by atoms with Gasteiger partial charge in [0.15, 0.2) is 0 Å². The Morgan fingerprint density at radius 1 is 1.21 bits per heavy atom. The second-order valence-corrected chi connectivity index (χ2v) is 4.51. The van der Waals surface area contributed by atoms with Gasteiger partial charge in [0.2, 0.25) is 0 Å². The summed E-state index contributed by atoms with van der Waals surface area (Å²) in [6.07, 6.45) is 2.77. The Morgan fingerprint density at radius 2 is 2.00 bits per heavy atom. The lowest BCUT2D eigenvalue weighted by Crippen LogP contribution is -2.42. The van der Waals surface area contributed by atoms with Crippen molar-refractivity contribution in [3.05, 3.63) is 35.4 Å². The zero-order valence-electron chi connectivity index (χ0n) is 8.74. The van der Waals surface area contributed by atoms with Crippen molar-refractivity contribution >= 4 is 0 Å². The maximum Gasteiger partial charge on any atom is 0.0351 e. The first-order valence-corrected chi connectivity index (χ1v) is 5.73. The Labute approximate surface area is 85.7 Å². The van der Waals surface area contributed by atoms with E-state index in [1.54, 1.807) is 11.1 Å². The number of likely N-dealkylation sites (N-methyl/N-ethyl adjacent to an activating group) is 1. The minimum absolute atomic E-state index is 0.723. The van der Waals surface area contributed by atoms with Crippen molar-refractivity contribution in [3.8, 4) is 0 Å². The van der Waals surface area contributed by atoms with Crippen molar-refractivity contribution in [2.45, 2.75) is 31.7 Å². The van der Waals surface area contributed by atoms with Crippen LogP contribution in [0.4, 0.5) is 0 Å². The van der Waals surface area contributed by atoms with E-state index in [2.05, 4.69) is 36.1 Å². The third-order valence-electron chi connectivity index (χ3n) is 3.89. The lowest BCUT2D eigenvalue weighted by Gasteiger charge is -2.46. The van der Waals surface area contributed by atoms with Gasteiger partial charge in [0, 0.05) is 12.6 Å². The fourth-order valence-corrected chi connectivity index (χ4v) is 3.18. The van der Waals surface area contributed by atoms with Gasteiger partial charge in [-0.05, 0) is 36.4 Å². The third kappa shape index (κ3) is 1.05. The van der Waals surface area contributed by atoms with E-state index in [4.69, 9.17) is 0 Å². The van der Waals surface area contributed by atoms with Crippen LogP contribution in [0.2, 0.25) is 0 Å². The number of rotatable bonds is 1. The Bertz CT molecular complexity index is 345. The molecule has 2 unspecified atom stereocenters. The highest BCUT2D eigenvalue weighted by molar-refractivity contribution is 5.37. The fraction of sp³-hybridized carbons (Fsp3) is 0.538. The summed E-state index contributed by atoms with van der Waals surface area (Å²) in [5, 5.41) is 0. The first kappa shape index (κ1) is 8.49. The van der Waals surface area contributed by atoms with Gasteiger partial charge in [-0.3, -0.25) is 4.90 Å². The van der Waals surface area contributed by atoms with E-state index in [0.29, 0.717) is 0 Å². The van der Waals surface area contributed by atoms with E-state index in [9.17, 15) is 0 Å². The Balaban J connectivity index is 2.08. The molecular weight excluding hydrogens is 170 g/mol. The lowest BCUT2D eigenvalue weighted by molar-refractivity contribution is 0.120. The van der Waals surface area contributed by atoms with Gasteiger partial charge in [0.25, 0.3) is 0 Å². The molecule has 0 N–H and O–H groups in total. The molecule has 2 heterocycles. The largest absolute Gasteiger partial charge is 0.296 e. The lowest BCUT2D eigenvalue weighted by atomic mass is 9.75. The van der Waals surface area contributed by atoms with E-state index >= 15 is 0 Å². The number of benzene rings is 1. The maximum absolute atomic E-state index is 2.64. The summed E-state index contributed by atoms with van der Waals surface area (Å²) in [6.45, 7) is 4.77. The topological polar surface area (TPSA) is 3.24 Å². The van der Waals surface area contributed by atoms with Crippen LogP contribution in [0.25, 0.3) is 0 Å². The van der Waals surface area contributed by atoms with Gasteiger partial charge in [-0.15, -0.1) is 0 Å². The van der Waals surface area contributed by atoms with Gasteiger partial charge in [-0.25, -0.2) is 0 Å². The van der Waals surface area contributed by atoms with Gasteiger partial charge in [-0.1, -0.05) is 31.2 Å². The highest BCUT2D eigenvalue weighted by atomic mass is 15.2. The highest BCUT2D eigenvalue weighted by Crippen LogP contribution is 2.46. The van der Waals surface area contributed by atoms with Crippen LogP contribution in [0, 0.1) is 0 Å². The van der Waals surface area contributed by atoms with Gasteiger partial charge in [0.05, 0.1) is 0 Å². The molecule has 3 aliphatic rings. The summed E-state index contributed by atoms with van der Waals surface area (Å²) >= 11 is 0. The molecule has 14 heavy (non-hydrogen) atoms. The van der Waals surface area contributed by atoms with E-state index < -0.39 is 0 Å². The molecule has 1 aliphatic carbocycles. The fourth-order valence-electron chi connectivity index (χ4n) is 3.18. The average Bonchev–Trinajstić information content (AvgIpc) is 2.30. The van der Waals surface area contributed by atoms with Gasteiger partial charge in [0.1, 0.15) is 0 Å². The molecule has 1 saturated heterocycles. The number of nitrogens with zero attached hydrogens (tertiary/aromatic N) is 1. The van der Waals surface area contributed by atoms with E-state index in [1.165, 1.54) is 25.9 Å². The highest BCUT2D eigenvalue weighted by Gasteiger charge is 2.36. The number of piperidine rings is 1. The quantitative estimate of drug-likeness (QED) is 0.653. The average molecular weight is 187 g/mol. The molecular formula is C13H17N. The molecule has 0 spiro atoms. The molecule has 2 aliphatic heterocycles. The van der Waals surface area contributed by atoms with E-state index in [0.717, 1.165) is 12.0 Å². The molecule has 2 atom stereocenters. The summed E-state index contributed by atoms with van der Waals surface area (Å²) in [5.74, 6) is 0.816. The Kier molecular flexibility index (Phi) is 1.88. The Hall–Kier alpha value is -0.820. The summed E-state index contributed by atoms with van der Waals surface area (Å²) in [4.78, 5) is 2.64. The molecule has 1 aromatic rings. The molecule has 0 saturated carbocycles. The standard InChI is InChI=1S/C13H17N/c1-2-14-9-10-7-8-13(14)12-6-4-3-5-11(10)12/h3-6,10,13H,2,7-9H2,1H3. The summed E-state index contributed by atoms with van der Waals surface area (Å²) in [5.41, 5.74) is 3.24. The minimum atomic E-state index is 0.723. The molecule has 0 radical (unpaired) electrons. The van der Waals surface area contributed by atoms with Crippen LogP contribution in [0.1, 0.15) is 42.9 Å². The smallest absolute Gasteiger partial charge is 0.0351 e. The molecule has 1 nitrogen and oxygen atoms in total. The first-order valence-electron chi connectivity index (χ1n) is 5.73. The maximum atomic E-state index is 2.64. The second-order valence-electron chi connectivity index (χ2n) is 4.51. The van der Waals surface area contributed by atoms with Crippen LogP contribution in [-0.4, -0.2) is 18.0 Å². The van der Waals surface area contributed by atoms with Gasteiger partial charge < -0.3 is 0 Å². The van der Waals surface area contributed by atoms with E-state index in [-0.39, 0.29) is 0 Å². The molecule has 1 fully saturated rings. The molecule has 0 amide bonds. The van der Waals surface area contributed by atoms with Gasteiger partial charge >= 0.3 is 0 Å². The molecule has 0 aromatic heterocycles. The molecule has 1 aromatic carbocycles. The summed E-state index contributed by atoms with van der Waals surface area (Å²) in [7, 11) is 0. The monoisotopic (exact) mass is 187 g/mol. The predicted molar refractivity (Wildman–Crippen MR) is 58.4 cm³/mol. The van der Waals surface area contributed by atoms with Crippen molar-refractivity contribution in [3.63, 3.8) is 0 Å². The Morgan fingerprint density at radius 3 is 2.79 bits per heavy atom. The summed E-state index contributed by atoms with van der Waals surface area (Å²) in [6, 6.07) is 9.76.